The summed E-state index contributed by atoms with van der Waals surface area (Å²) >= 11 is 0. The van der Waals surface area contributed by atoms with Crippen LogP contribution >= 0.6 is 0 Å². The summed E-state index contributed by atoms with van der Waals surface area (Å²) in [5.74, 6) is -0.944. The largest absolute Gasteiger partial charge is 0.481 e. The Bertz CT molecular complexity index is 885. The van der Waals surface area contributed by atoms with E-state index in [0.29, 0.717) is 11.0 Å². The maximum atomic E-state index is 12.7. The normalized spacial score (nSPS) is 10.7. The zero-order valence-electron chi connectivity index (χ0n) is 11.8. The molecule has 0 aliphatic heterocycles. The molecule has 0 aliphatic rings. The van der Waals surface area contributed by atoms with Crippen LogP contribution in [0.5, 0.6) is 0 Å². The van der Waals surface area contributed by atoms with Crippen molar-refractivity contribution >= 4 is 17.0 Å². The van der Waals surface area contributed by atoms with Crippen LogP contribution in [-0.4, -0.2) is 20.6 Å². The van der Waals surface area contributed by atoms with Gasteiger partial charge in [0.1, 0.15) is 5.69 Å². The Labute approximate surface area is 126 Å². The lowest BCUT2D eigenvalue weighted by Gasteiger charge is -2.12. The first-order valence-corrected chi connectivity index (χ1v) is 6.95. The number of rotatable bonds is 4. The van der Waals surface area contributed by atoms with Gasteiger partial charge >= 0.3 is 5.97 Å². The second-order valence-corrected chi connectivity index (χ2v) is 4.92. The molecule has 0 fully saturated rings. The summed E-state index contributed by atoms with van der Waals surface area (Å²) in [5.41, 5.74) is 2.11. The monoisotopic (exact) mass is 294 g/mol. The number of nitrogens with zero attached hydrogens (tertiary/aromatic N) is 2. The number of carboxylic acids is 1. The highest BCUT2D eigenvalue weighted by atomic mass is 16.4. The molecule has 1 heterocycles. The van der Waals surface area contributed by atoms with Crippen LogP contribution in [0.4, 0.5) is 0 Å². The minimum absolute atomic E-state index is 0.116. The van der Waals surface area contributed by atoms with E-state index in [-0.39, 0.29) is 24.1 Å². The summed E-state index contributed by atoms with van der Waals surface area (Å²) in [6.45, 7) is 0. The van der Waals surface area contributed by atoms with Gasteiger partial charge in [-0.15, -0.1) is 0 Å². The van der Waals surface area contributed by atoms with Crippen molar-refractivity contribution in [3.05, 3.63) is 70.6 Å². The molecule has 0 bridgehead atoms. The lowest BCUT2D eigenvalue weighted by Crippen LogP contribution is -2.25. The molecule has 3 aromatic rings. The minimum atomic E-state index is -0.944. The van der Waals surface area contributed by atoms with Gasteiger partial charge in [0.25, 0.3) is 5.56 Å². The van der Waals surface area contributed by atoms with E-state index in [4.69, 9.17) is 5.11 Å². The van der Waals surface area contributed by atoms with Gasteiger partial charge < -0.3 is 5.11 Å². The van der Waals surface area contributed by atoms with Gasteiger partial charge in [-0.05, 0) is 24.3 Å². The van der Waals surface area contributed by atoms with Gasteiger partial charge in [-0.25, -0.2) is 4.98 Å². The van der Waals surface area contributed by atoms with Gasteiger partial charge in [-0.3, -0.25) is 14.2 Å². The highest BCUT2D eigenvalue weighted by Gasteiger charge is 2.13. The summed E-state index contributed by atoms with van der Waals surface area (Å²) in [7, 11) is 0. The van der Waals surface area contributed by atoms with Crippen LogP contribution in [0.25, 0.3) is 16.7 Å². The van der Waals surface area contributed by atoms with Crippen LogP contribution in [0.15, 0.2) is 59.4 Å². The molecule has 0 saturated heterocycles. The standard InChI is InChI=1S/C17H14N2O3/c20-16(21)11-10-14-17(22)19(12-6-2-1-3-7-12)15-9-5-4-8-13(15)18-14/h1-9H,10-11H2,(H,20,21). The first-order chi connectivity index (χ1) is 10.7. The van der Waals surface area contributed by atoms with E-state index in [1.807, 2.05) is 54.6 Å². The van der Waals surface area contributed by atoms with Crippen molar-refractivity contribution in [2.75, 3.05) is 0 Å². The highest BCUT2D eigenvalue weighted by Crippen LogP contribution is 2.15. The third kappa shape index (κ3) is 2.61. The molecule has 3 rings (SSSR count). The molecule has 0 aliphatic carbocycles. The van der Waals surface area contributed by atoms with E-state index in [1.54, 1.807) is 4.57 Å². The van der Waals surface area contributed by atoms with Crippen LogP contribution in [0.1, 0.15) is 12.1 Å². The Morgan fingerprint density at radius 1 is 1.05 bits per heavy atom. The SMILES string of the molecule is O=C(O)CCc1nc2ccccc2n(-c2ccccc2)c1=O. The van der Waals surface area contributed by atoms with Crippen LogP contribution < -0.4 is 5.56 Å². The van der Waals surface area contributed by atoms with E-state index in [1.165, 1.54) is 0 Å². The Balaban J connectivity index is 2.26. The maximum absolute atomic E-state index is 12.7. The maximum Gasteiger partial charge on any atom is 0.303 e. The van der Waals surface area contributed by atoms with E-state index >= 15 is 0 Å². The summed E-state index contributed by atoms with van der Waals surface area (Å²) in [4.78, 5) is 27.8. The van der Waals surface area contributed by atoms with Crippen molar-refractivity contribution in [3.8, 4) is 5.69 Å². The lowest BCUT2D eigenvalue weighted by molar-refractivity contribution is -0.136. The van der Waals surface area contributed by atoms with Crippen molar-refractivity contribution in [3.63, 3.8) is 0 Å². The van der Waals surface area contributed by atoms with Gasteiger partial charge in [-0.2, -0.15) is 0 Å². The number of hydrogen-bond acceptors (Lipinski definition) is 3. The molecule has 0 radical (unpaired) electrons. The molecule has 1 aromatic heterocycles. The highest BCUT2D eigenvalue weighted by molar-refractivity contribution is 5.76. The van der Waals surface area contributed by atoms with E-state index in [0.717, 1.165) is 5.69 Å². The number of carboxylic acid groups (broad SMARTS) is 1. The number of aliphatic carboxylic acids is 1. The number of carbonyl (C=O) groups is 1. The predicted octanol–water partition coefficient (Wildman–Crippen LogP) is 2.40. The van der Waals surface area contributed by atoms with Gasteiger partial charge in [0.15, 0.2) is 0 Å². The van der Waals surface area contributed by atoms with Crippen molar-refractivity contribution in [2.24, 2.45) is 0 Å². The Hall–Kier alpha value is -2.95. The smallest absolute Gasteiger partial charge is 0.303 e. The molecule has 0 spiro atoms. The van der Waals surface area contributed by atoms with Crippen LogP contribution in [0, 0.1) is 0 Å². The Kier molecular flexibility index (Phi) is 3.70. The topological polar surface area (TPSA) is 72.2 Å². The van der Waals surface area contributed by atoms with Crippen molar-refractivity contribution in [2.45, 2.75) is 12.8 Å². The first-order valence-electron chi connectivity index (χ1n) is 6.95. The average Bonchev–Trinajstić information content (AvgIpc) is 2.53. The van der Waals surface area contributed by atoms with Crippen molar-refractivity contribution in [1.82, 2.24) is 9.55 Å². The summed E-state index contributed by atoms with van der Waals surface area (Å²) in [6.07, 6.45) is 0.00119. The molecule has 0 unspecified atom stereocenters. The molecule has 0 saturated carbocycles. The first kappa shape index (κ1) is 14.0. The van der Waals surface area contributed by atoms with E-state index in [2.05, 4.69) is 4.98 Å². The molecule has 2 aromatic carbocycles. The lowest BCUT2D eigenvalue weighted by atomic mass is 10.2. The number of benzene rings is 2. The van der Waals surface area contributed by atoms with Gasteiger partial charge in [-0.1, -0.05) is 30.3 Å². The Morgan fingerprint density at radius 3 is 2.45 bits per heavy atom. The minimum Gasteiger partial charge on any atom is -0.481 e. The molecule has 22 heavy (non-hydrogen) atoms. The fourth-order valence-corrected chi connectivity index (χ4v) is 2.40. The molecule has 0 atom stereocenters. The van der Waals surface area contributed by atoms with E-state index in [9.17, 15) is 9.59 Å². The number of para-hydroxylation sites is 3. The zero-order chi connectivity index (χ0) is 15.5. The second kappa shape index (κ2) is 5.81. The number of aromatic nitrogens is 2. The van der Waals surface area contributed by atoms with Crippen LogP contribution in [0.2, 0.25) is 0 Å². The van der Waals surface area contributed by atoms with Crippen LogP contribution in [0.3, 0.4) is 0 Å². The molecular formula is C17H14N2O3. The van der Waals surface area contributed by atoms with Crippen molar-refractivity contribution in [1.29, 1.82) is 0 Å². The molecule has 5 heteroatoms. The molecule has 1 N–H and O–H groups in total. The van der Waals surface area contributed by atoms with E-state index < -0.39 is 5.97 Å². The molecule has 110 valence electrons. The average molecular weight is 294 g/mol. The third-order valence-electron chi connectivity index (χ3n) is 3.42. The molecule has 5 nitrogen and oxygen atoms in total. The number of aryl methyl sites for hydroxylation is 1. The predicted molar refractivity (Wildman–Crippen MR) is 83.3 cm³/mol. The van der Waals surface area contributed by atoms with Gasteiger partial charge in [0, 0.05) is 12.1 Å². The van der Waals surface area contributed by atoms with Gasteiger partial charge in [0.2, 0.25) is 0 Å². The Morgan fingerprint density at radius 2 is 1.73 bits per heavy atom. The fourth-order valence-electron chi connectivity index (χ4n) is 2.40. The van der Waals surface area contributed by atoms with Crippen molar-refractivity contribution < 1.29 is 9.90 Å². The summed E-state index contributed by atoms with van der Waals surface area (Å²) < 4.78 is 1.58. The summed E-state index contributed by atoms with van der Waals surface area (Å²) in [6, 6.07) is 16.6. The fraction of sp³-hybridized carbons (Fsp3) is 0.118. The number of fused-ring (bicyclic) bond motifs is 1. The zero-order valence-corrected chi connectivity index (χ0v) is 11.8. The van der Waals surface area contributed by atoms with Gasteiger partial charge in [0.05, 0.1) is 17.5 Å². The number of hydrogen-bond donors (Lipinski definition) is 1. The molecule has 0 amide bonds. The quantitative estimate of drug-likeness (QED) is 0.802. The second-order valence-electron chi connectivity index (χ2n) is 4.92. The summed E-state index contributed by atoms with van der Waals surface area (Å²) in [5, 5.41) is 8.83. The molecular weight excluding hydrogens is 280 g/mol. The third-order valence-corrected chi connectivity index (χ3v) is 3.42. The van der Waals surface area contributed by atoms with Crippen LogP contribution in [-0.2, 0) is 11.2 Å².